The Morgan fingerprint density at radius 3 is 2.65 bits per heavy atom. The maximum atomic E-state index is 12.3. The van der Waals surface area contributed by atoms with Crippen molar-refractivity contribution in [1.29, 1.82) is 0 Å². The number of esters is 2. The Labute approximate surface area is 274 Å². The normalized spacial score (nSPS) is 25.9. The molecule has 0 spiro atoms. The number of rotatable bonds is 20. The van der Waals surface area contributed by atoms with Crippen LogP contribution in [0.1, 0.15) is 97.8 Å². The van der Waals surface area contributed by atoms with E-state index in [0.29, 0.717) is 18.8 Å². The minimum atomic E-state index is -5.08. The summed E-state index contributed by atoms with van der Waals surface area (Å²) in [6.07, 6.45) is 17.3. The molecule has 0 radical (unpaired) electrons. The van der Waals surface area contributed by atoms with Gasteiger partial charge in [-0.1, -0.05) is 76.5 Å². The molecule has 6 N–H and O–H groups in total. The van der Waals surface area contributed by atoms with E-state index in [1.807, 2.05) is 13.0 Å². The number of allylic oxidation sites excluding steroid dienone is 3. The molecule has 1 heterocycles. The van der Waals surface area contributed by atoms with Crippen molar-refractivity contribution < 1.29 is 48.2 Å². The molecule has 0 unspecified atom stereocenters. The maximum Gasteiger partial charge on any atom is 0.469 e. The van der Waals surface area contributed by atoms with Crippen LogP contribution in [-0.2, 0) is 28.2 Å². The zero-order chi connectivity index (χ0) is 34.2. The molecule has 0 bridgehead atoms. The first-order valence-electron chi connectivity index (χ1n) is 16.8. The number of aliphatic hydroxyl groups excluding tert-OH is 1. The lowest BCUT2D eigenvalue weighted by atomic mass is 9.86. The van der Waals surface area contributed by atoms with Gasteiger partial charge in [0.2, 0.25) is 0 Å². The maximum absolute atomic E-state index is 12.3. The SMILES string of the molecule is CC[C@@H](C)CCCCC(=O)O[C@@H]1CCC[C@H](/C=C\C=C[C@H](O)C[C@@H](OP(=O)(O)O)[C@](O)(/C=C\[C@@H]2OC(=O)C=C[C@H]2CC)CCN)C1. The molecule has 2 aliphatic rings. The Bertz CT molecular complexity index is 1100. The molecule has 1 aliphatic heterocycles. The van der Waals surface area contributed by atoms with Gasteiger partial charge >= 0.3 is 19.8 Å². The molecule has 46 heavy (non-hydrogen) atoms. The number of unbranched alkanes of at least 4 members (excludes halogenated alkanes) is 1. The molecule has 0 aromatic heterocycles. The highest BCUT2D eigenvalue weighted by atomic mass is 31.2. The number of carbonyl (C=O) groups is 2. The topological polar surface area (TPSA) is 186 Å². The number of nitrogens with two attached hydrogens (primary N) is 1. The monoisotopic (exact) mass is 669 g/mol. The van der Waals surface area contributed by atoms with Crippen LogP contribution < -0.4 is 5.73 Å². The quantitative estimate of drug-likeness (QED) is 0.0378. The van der Waals surface area contributed by atoms with Gasteiger partial charge in [0.05, 0.1) is 6.10 Å². The number of hydrogen-bond donors (Lipinski definition) is 5. The highest BCUT2D eigenvalue weighted by Gasteiger charge is 2.40. The predicted octanol–water partition coefficient (Wildman–Crippen LogP) is 5.18. The molecule has 0 aromatic carbocycles. The fraction of sp³-hybridized carbons (Fsp3) is 0.706. The summed E-state index contributed by atoms with van der Waals surface area (Å²) < 4.78 is 27.9. The van der Waals surface area contributed by atoms with Gasteiger partial charge in [0.15, 0.2) is 0 Å². The summed E-state index contributed by atoms with van der Waals surface area (Å²) in [5.41, 5.74) is 3.75. The Morgan fingerprint density at radius 1 is 1.22 bits per heavy atom. The lowest BCUT2D eigenvalue weighted by molar-refractivity contribution is -0.151. The van der Waals surface area contributed by atoms with E-state index >= 15 is 0 Å². The molecule has 12 heteroatoms. The third-order valence-corrected chi connectivity index (χ3v) is 9.37. The van der Waals surface area contributed by atoms with Gasteiger partial charge in [-0.05, 0) is 69.4 Å². The highest BCUT2D eigenvalue weighted by molar-refractivity contribution is 7.46. The van der Waals surface area contributed by atoms with Crippen LogP contribution in [0.25, 0.3) is 0 Å². The van der Waals surface area contributed by atoms with Gasteiger partial charge in [0.1, 0.15) is 23.9 Å². The van der Waals surface area contributed by atoms with Crippen molar-refractivity contribution >= 4 is 19.8 Å². The number of phosphoric ester groups is 1. The van der Waals surface area contributed by atoms with E-state index in [0.717, 1.165) is 51.4 Å². The van der Waals surface area contributed by atoms with Gasteiger partial charge in [0, 0.05) is 24.8 Å². The number of cyclic esters (lactones) is 1. The number of aliphatic hydroxyl groups is 2. The number of carbonyl (C=O) groups excluding carboxylic acids is 2. The van der Waals surface area contributed by atoms with E-state index in [2.05, 4.69) is 13.8 Å². The molecule has 1 aliphatic carbocycles. The van der Waals surface area contributed by atoms with E-state index in [-0.39, 0.29) is 43.3 Å². The lowest BCUT2D eigenvalue weighted by Crippen LogP contribution is -2.45. The molecule has 1 fully saturated rings. The summed E-state index contributed by atoms with van der Waals surface area (Å²) in [5, 5.41) is 22.2. The molecule has 1 saturated carbocycles. The zero-order valence-electron chi connectivity index (χ0n) is 27.6. The summed E-state index contributed by atoms with van der Waals surface area (Å²) in [7, 11) is -5.08. The summed E-state index contributed by atoms with van der Waals surface area (Å²) in [6.45, 7) is 6.27. The molecule has 0 saturated heterocycles. The molecular weight excluding hydrogens is 613 g/mol. The fourth-order valence-corrected chi connectivity index (χ4v) is 6.46. The standard InChI is InChI=1S/C34H56NO10P/c1-4-25(3)11-6-9-16-32(37)43-29-15-10-13-26(23-29)12-7-8-14-28(36)24-31(45-46(40,41)42)34(39,21-22-35)20-19-30-27(5-2)17-18-33(38)44-30/h7-8,12,14,17-20,25-31,36,39H,4-6,9-11,13,15-16,21-24,35H2,1-3H3,(H2,40,41,42)/b12-7-,14-8?,20-19-/t25-,26+,27-,28+,29-,30+,31-,34+/m1/s1. The van der Waals surface area contributed by atoms with Crippen molar-refractivity contribution in [2.75, 3.05) is 6.54 Å². The van der Waals surface area contributed by atoms with Crippen molar-refractivity contribution in [1.82, 2.24) is 0 Å². The predicted molar refractivity (Wildman–Crippen MR) is 176 cm³/mol. The first kappa shape index (κ1) is 40.1. The Hall–Kier alpha value is -2.11. The van der Waals surface area contributed by atoms with Crippen molar-refractivity contribution in [3.63, 3.8) is 0 Å². The number of hydrogen-bond acceptors (Lipinski definition) is 9. The van der Waals surface area contributed by atoms with Crippen LogP contribution >= 0.6 is 7.82 Å². The van der Waals surface area contributed by atoms with Crippen LogP contribution in [0.3, 0.4) is 0 Å². The van der Waals surface area contributed by atoms with Crippen molar-refractivity contribution in [2.45, 2.75) is 128 Å². The van der Waals surface area contributed by atoms with Crippen LogP contribution in [0, 0.1) is 17.8 Å². The van der Waals surface area contributed by atoms with Crippen LogP contribution in [-0.4, -0.2) is 68.5 Å². The summed E-state index contributed by atoms with van der Waals surface area (Å²) in [5.74, 6) is 0.0647. The van der Waals surface area contributed by atoms with Crippen LogP contribution in [0.15, 0.2) is 48.6 Å². The Balaban J connectivity index is 1.99. The second-order valence-electron chi connectivity index (χ2n) is 12.7. The third-order valence-electron chi connectivity index (χ3n) is 8.84. The molecular formula is C34H56NO10P. The first-order chi connectivity index (χ1) is 21.8. The third kappa shape index (κ3) is 15.2. The minimum Gasteiger partial charge on any atom is -0.462 e. The van der Waals surface area contributed by atoms with E-state index in [9.17, 15) is 34.2 Å². The molecule has 0 amide bonds. The molecule has 2 rings (SSSR count). The Kier molecular flexibility index (Phi) is 17.7. The van der Waals surface area contributed by atoms with Crippen molar-refractivity contribution in [3.8, 4) is 0 Å². The van der Waals surface area contributed by atoms with E-state index in [1.54, 1.807) is 18.2 Å². The number of phosphoric acid groups is 1. The fourth-order valence-electron chi connectivity index (χ4n) is 5.86. The zero-order valence-corrected chi connectivity index (χ0v) is 28.5. The minimum absolute atomic E-state index is 0.0476. The van der Waals surface area contributed by atoms with E-state index < -0.39 is 37.7 Å². The summed E-state index contributed by atoms with van der Waals surface area (Å²) in [6, 6.07) is 0. The van der Waals surface area contributed by atoms with E-state index in [4.69, 9.17) is 19.7 Å². The molecule has 262 valence electrons. The van der Waals surface area contributed by atoms with Crippen molar-refractivity contribution in [3.05, 3.63) is 48.6 Å². The second-order valence-corrected chi connectivity index (χ2v) is 13.9. The van der Waals surface area contributed by atoms with Gasteiger partial charge in [0.25, 0.3) is 0 Å². The van der Waals surface area contributed by atoms with Crippen LogP contribution in [0.5, 0.6) is 0 Å². The lowest BCUT2D eigenvalue weighted by Gasteiger charge is -2.35. The molecule has 0 aromatic rings. The van der Waals surface area contributed by atoms with Gasteiger partial charge in [-0.15, -0.1) is 0 Å². The largest absolute Gasteiger partial charge is 0.469 e. The number of ether oxygens (including phenoxy) is 2. The first-order valence-corrected chi connectivity index (χ1v) is 18.3. The van der Waals surface area contributed by atoms with Gasteiger partial charge < -0.3 is 35.2 Å². The Morgan fingerprint density at radius 2 is 1.98 bits per heavy atom. The smallest absolute Gasteiger partial charge is 0.462 e. The summed E-state index contributed by atoms with van der Waals surface area (Å²) >= 11 is 0. The molecule has 11 nitrogen and oxygen atoms in total. The van der Waals surface area contributed by atoms with Gasteiger partial charge in [-0.3, -0.25) is 9.32 Å². The second kappa shape index (κ2) is 20.3. The molecule has 8 atom stereocenters. The highest BCUT2D eigenvalue weighted by Crippen LogP contribution is 2.42. The average Bonchev–Trinajstić information content (AvgIpc) is 2.99. The van der Waals surface area contributed by atoms with Gasteiger partial charge in [-0.2, -0.15) is 0 Å². The van der Waals surface area contributed by atoms with Crippen molar-refractivity contribution in [2.24, 2.45) is 23.5 Å². The van der Waals surface area contributed by atoms with Gasteiger partial charge in [-0.25, -0.2) is 9.36 Å². The average molecular weight is 670 g/mol. The van der Waals surface area contributed by atoms with Crippen LogP contribution in [0.2, 0.25) is 0 Å². The summed E-state index contributed by atoms with van der Waals surface area (Å²) in [4.78, 5) is 43.3. The van der Waals surface area contributed by atoms with Crippen LogP contribution in [0.4, 0.5) is 0 Å². The van der Waals surface area contributed by atoms with E-state index in [1.165, 1.54) is 24.3 Å².